The molecule has 156 valence electrons. The van der Waals surface area contributed by atoms with Gasteiger partial charge in [0.2, 0.25) is 5.91 Å². The minimum Gasteiger partial charge on any atom is -0.343 e. The van der Waals surface area contributed by atoms with Crippen molar-refractivity contribution < 1.29 is 4.79 Å². The van der Waals surface area contributed by atoms with Gasteiger partial charge >= 0.3 is 0 Å². The van der Waals surface area contributed by atoms with Gasteiger partial charge in [-0.25, -0.2) is 4.98 Å². The molecule has 3 heterocycles. The van der Waals surface area contributed by atoms with E-state index in [2.05, 4.69) is 30.7 Å². The van der Waals surface area contributed by atoms with Crippen LogP contribution < -0.4 is 5.56 Å². The van der Waals surface area contributed by atoms with Crippen LogP contribution in [0.2, 0.25) is 0 Å². The van der Waals surface area contributed by atoms with Crippen molar-refractivity contribution in [1.29, 1.82) is 0 Å². The third-order valence-electron chi connectivity index (χ3n) is 6.29. The van der Waals surface area contributed by atoms with Crippen LogP contribution in [0.5, 0.6) is 0 Å². The molecular formula is C22H36N4O2. The first-order valence-corrected chi connectivity index (χ1v) is 10.8. The van der Waals surface area contributed by atoms with E-state index in [0.29, 0.717) is 11.8 Å². The molecule has 2 fully saturated rings. The van der Waals surface area contributed by atoms with Gasteiger partial charge in [-0.15, -0.1) is 0 Å². The maximum atomic E-state index is 12.5. The first kappa shape index (κ1) is 21.0. The van der Waals surface area contributed by atoms with Crippen molar-refractivity contribution in [1.82, 2.24) is 19.4 Å². The van der Waals surface area contributed by atoms with Crippen LogP contribution in [0.3, 0.4) is 0 Å². The summed E-state index contributed by atoms with van der Waals surface area (Å²) >= 11 is 0. The van der Waals surface area contributed by atoms with Gasteiger partial charge in [0.25, 0.3) is 5.56 Å². The van der Waals surface area contributed by atoms with E-state index in [4.69, 9.17) is 0 Å². The van der Waals surface area contributed by atoms with Gasteiger partial charge in [-0.2, -0.15) is 0 Å². The predicted molar refractivity (Wildman–Crippen MR) is 111 cm³/mol. The van der Waals surface area contributed by atoms with Gasteiger partial charge in [-0.05, 0) is 50.6 Å². The van der Waals surface area contributed by atoms with Gasteiger partial charge in [-0.3, -0.25) is 14.2 Å². The number of hydrogen-bond acceptors (Lipinski definition) is 4. The first-order chi connectivity index (χ1) is 13.2. The zero-order valence-corrected chi connectivity index (χ0v) is 18.0. The highest BCUT2D eigenvalue weighted by atomic mass is 16.2. The molecule has 1 aromatic rings. The van der Waals surface area contributed by atoms with Gasteiger partial charge < -0.3 is 9.80 Å². The van der Waals surface area contributed by atoms with E-state index >= 15 is 0 Å². The summed E-state index contributed by atoms with van der Waals surface area (Å²) in [5.41, 5.74) is 0.824. The molecule has 1 aromatic heterocycles. The van der Waals surface area contributed by atoms with Gasteiger partial charge in [-0.1, -0.05) is 20.8 Å². The lowest BCUT2D eigenvalue weighted by Gasteiger charge is -2.38. The summed E-state index contributed by atoms with van der Waals surface area (Å²) in [6.07, 6.45) is 6.33. The van der Waals surface area contributed by atoms with Crippen LogP contribution in [0.15, 0.2) is 17.2 Å². The van der Waals surface area contributed by atoms with Crippen LogP contribution in [-0.2, 0) is 16.8 Å². The highest BCUT2D eigenvalue weighted by molar-refractivity contribution is 5.73. The fourth-order valence-corrected chi connectivity index (χ4v) is 4.47. The monoisotopic (exact) mass is 388 g/mol. The molecule has 0 bridgehead atoms. The lowest BCUT2D eigenvalue weighted by molar-refractivity contribution is -0.130. The smallest absolute Gasteiger partial charge is 0.253 e. The molecule has 0 aromatic carbocycles. The van der Waals surface area contributed by atoms with Gasteiger partial charge in [0, 0.05) is 44.6 Å². The summed E-state index contributed by atoms with van der Waals surface area (Å²) in [5, 5.41) is 0. The second kappa shape index (κ2) is 8.76. The molecule has 6 heteroatoms. The quantitative estimate of drug-likeness (QED) is 0.795. The molecule has 1 unspecified atom stereocenters. The standard InChI is InChI=1S/C22H36N4O2/c1-17(27)25-9-5-6-19(15-25)13-24-10-7-18(8-11-24)14-26-16-23-20(12-21(26)28)22(2,3)4/h12,16,18-19H,5-11,13-15H2,1-4H3. The first-order valence-electron chi connectivity index (χ1n) is 10.8. The van der Waals surface area contributed by atoms with E-state index < -0.39 is 0 Å². The number of hydrogen-bond donors (Lipinski definition) is 0. The normalized spacial score (nSPS) is 22.4. The Hall–Kier alpha value is -1.69. The lowest BCUT2D eigenvalue weighted by atomic mass is 9.92. The van der Waals surface area contributed by atoms with E-state index in [-0.39, 0.29) is 16.9 Å². The minimum absolute atomic E-state index is 0.0638. The number of rotatable bonds is 4. The van der Waals surface area contributed by atoms with Crippen LogP contribution >= 0.6 is 0 Å². The zero-order valence-electron chi connectivity index (χ0n) is 18.0. The van der Waals surface area contributed by atoms with Gasteiger partial charge in [0.15, 0.2) is 0 Å². The van der Waals surface area contributed by atoms with E-state index in [9.17, 15) is 9.59 Å². The molecular weight excluding hydrogens is 352 g/mol. The minimum atomic E-state index is -0.0966. The van der Waals surface area contributed by atoms with E-state index in [0.717, 1.165) is 64.2 Å². The number of carbonyl (C=O) groups excluding carboxylic acids is 1. The number of nitrogens with zero attached hydrogens (tertiary/aromatic N) is 4. The molecule has 2 saturated heterocycles. The fraction of sp³-hybridized carbons (Fsp3) is 0.773. The molecule has 0 radical (unpaired) electrons. The van der Waals surface area contributed by atoms with Gasteiger partial charge in [0.05, 0.1) is 12.0 Å². The summed E-state index contributed by atoms with van der Waals surface area (Å²) < 4.78 is 1.78. The second-order valence-electron chi connectivity index (χ2n) is 9.73. The summed E-state index contributed by atoms with van der Waals surface area (Å²) in [6.45, 7) is 13.8. The van der Waals surface area contributed by atoms with Crippen molar-refractivity contribution in [3.05, 3.63) is 28.4 Å². The van der Waals surface area contributed by atoms with Crippen molar-refractivity contribution >= 4 is 5.91 Å². The maximum absolute atomic E-state index is 12.5. The molecule has 0 spiro atoms. The SMILES string of the molecule is CC(=O)N1CCCC(CN2CCC(Cn3cnc(C(C)(C)C)cc3=O)CC2)C1. The average Bonchev–Trinajstić information content (AvgIpc) is 2.64. The van der Waals surface area contributed by atoms with Crippen LogP contribution in [0.4, 0.5) is 0 Å². The van der Waals surface area contributed by atoms with Crippen LogP contribution in [-0.4, -0.2) is 58.0 Å². The second-order valence-corrected chi connectivity index (χ2v) is 9.73. The number of likely N-dealkylation sites (tertiary alicyclic amines) is 2. The molecule has 1 atom stereocenters. The third-order valence-corrected chi connectivity index (χ3v) is 6.29. The van der Waals surface area contributed by atoms with Crippen molar-refractivity contribution in [2.75, 3.05) is 32.7 Å². The molecule has 1 amide bonds. The van der Waals surface area contributed by atoms with Crippen LogP contribution in [0.25, 0.3) is 0 Å². The Morgan fingerprint density at radius 2 is 1.82 bits per heavy atom. The zero-order chi connectivity index (χ0) is 20.3. The molecule has 0 aliphatic carbocycles. The summed E-state index contributed by atoms with van der Waals surface area (Å²) in [5.74, 6) is 1.35. The van der Waals surface area contributed by atoms with Crippen molar-refractivity contribution in [3.63, 3.8) is 0 Å². The molecule has 2 aliphatic rings. The average molecular weight is 389 g/mol. The molecule has 0 N–H and O–H groups in total. The van der Waals surface area contributed by atoms with E-state index in [1.54, 1.807) is 23.9 Å². The highest BCUT2D eigenvalue weighted by Gasteiger charge is 2.26. The lowest BCUT2D eigenvalue weighted by Crippen LogP contribution is -2.45. The summed E-state index contributed by atoms with van der Waals surface area (Å²) in [4.78, 5) is 33.2. The third kappa shape index (κ3) is 5.43. The molecule has 2 aliphatic heterocycles. The predicted octanol–water partition coefficient (Wildman–Crippen LogP) is 2.51. The Balaban J connectivity index is 1.48. The maximum Gasteiger partial charge on any atom is 0.253 e. The Morgan fingerprint density at radius 3 is 2.43 bits per heavy atom. The van der Waals surface area contributed by atoms with Crippen molar-refractivity contribution in [3.8, 4) is 0 Å². The Kier molecular flexibility index (Phi) is 6.58. The summed E-state index contributed by atoms with van der Waals surface area (Å²) in [6, 6.07) is 1.69. The number of piperidine rings is 2. The molecule has 28 heavy (non-hydrogen) atoms. The van der Waals surface area contributed by atoms with Crippen molar-refractivity contribution in [2.45, 2.75) is 65.3 Å². The largest absolute Gasteiger partial charge is 0.343 e. The number of carbonyl (C=O) groups is 1. The number of amides is 1. The Labute approximate surface area is 168 Å². The highest BCUT2D eigenvalue weighted by Crippen LogP contribution is 2.23. The summed E-state index contributed by atoms with van der Waals surface area (Å²) in [7, 11) is 0. The van der Waals surface area contributed by atoms with E-state index in [1.165, 1.54) is 6.42 Å². The molecule has 0 saturated carbocycles. The van der Waals surface area contributed by atoms with Crippen molar-refractivity contribution in [2.24, 2.45) is 11.8 Å². The van der Waals surface area contributed by atoms with E-state index in [1.807, 2.05) is 4.90 Å². The Bertz CT molecular complexity index is 729. The van der Waals surface area contributed by atoms with Gasteiger partial charge in [0.1, 0.15) is 0 Å². The van der Waals surface area contributed by atoms with Crippen LogP contribution in [0.1, 0.15) is 59.1 Å². The number of aromatic nitrogens is 2. The molecule has 6 nitrogen and oxygen atoms in total. The fourth-order valence-electron chi connectivity index (χ4n) is 4.47. The molecule has 3 rings (SSSR count). The topological polar surface area (TPSA) is 58.4 Å². The van der Waals surface area contributed by atoms with Crippen LogP contribution in [0, 0.1) is 11.8 Å². The Morgan fingerprint density at radius 1 is 1.11 bits per heavy atom.